The van der Waals surface area contributed by atoms with Gasteiger partial charge in [-0.1, -0.05) is 61.7 Å². The molecule has 1 fully saturated rings. The van der Waals surface area contributed by atoms with E-state index in [1.54, 1.807) is 12.1 Å². The highest BCUT2D eigenvalue weighted by molar-refractivity contribution is 7.89. The molecule has 0 aliphatic heterocycles. The molecule has 200 valence electrons. The minimum Gasteiger partial charge on any atom is -0.507 e. The molecule has 38 heavy (non-hydrogen) atoms. The van der Waals surface area contributed by atoms with Gasteiger partial charge in [0.15, 0.2) is 0 Å². The predicted molar refractivity (Wildman–Crippen MR) is 146 cm³/mol. The number of likely N-dealkylation sites (N-methyl/N-ethyl adjacent to an activating group) is 1. The third-order valence-corrected chi connectivity index (χ3v) is 8.84. The third kappa shape index (κ3) is 6.23. The van der Waals surface area contributed by atoms with Crippen molar-refractivity contribution in [2.45, 2.75) is 37.0 Å². The quantitative estimate of drug-likeness (QED) is 0.398. The second-order valence-corrected chi connectivity index (χ2v) is 11.7. The molecular formula is C29H32N2O6S. The molecule has 3 aromatic rings. The Bertz CT molecular complexity index is 1380. The fourth-order valence-corrected chi connectivity index (χ4v) is 5.96. The lowest BCUT2D eigenvalue weighted by Gasteiger charge is -2.31. The van der Waals surface area contributed by atoms with Crippen molar-refractivity contribution in [3.8, 4) is 16.9 Å². The van der Waals surface area contributed by atoms with Crippen LogP contribution in [0, 0.1) is 5.92 Å². The summed E-state index contributed by atoms with van der Waals surface area (Å²) in [5.74, 6) is -1.94. The first-order chi connectivity index (χ1) is 18.2. The molecule has 0 bridgehead atoms. The van der Waals surface area contributed by atoms with Crippen LogP contribution in [0.3, 0.4) is 0 Å². The van der Waals surface area contributed by atoms with E-state index in [-0.39, 0.29) is 16.4 Å². The molecule has 4 rings (SSSR count). The zero-order valence-corrected chi connectivity index (χ0v) is 22.1. The van der Waals surface area contributed by atoms with Crippen LogP contribution < -0.4 is 4.90 Å². The van der Waals surface area contributed by atoms with Crippen LogP contribution in [-0.2, 0) is 14.8 Å². The summed E-state index contributed by atoms with van der Waals surface area (Å²) in [4.78, 5) is 26.4. The summed E-state index contributed by atoms with van der Waals surface area (Å²) in [6.07, 6.45) is 5.16. The number of phenols is 1. The van der Waals surface area contributed by atoms with Crippen LogP contribution in [0.5, 0.6) is 5.75 Å². The van der Waals surface area contributed by atoms with Gasteiger partial charge in [0.05, 0.1) is 11.4 Å². The van der Waals surface area contributed by atoms with Gasteiger partial charge in [0.2, 0.25) is 15.9 Å². The van der Waals surface area contributed by atoms with E-state index in [1.807, 2.05) is 30.3 Å². The van der Waals surface area contributed by atoms with Crippen molar-refractivity contribution < 1.29 is 28.2 Å². The molecule has 3 aromatic carbocycles. The highest BCUT2D eigenvalue weighted by Crippen LogP contribution is 2.30. The van der Waals surface area contributed by atoms with Gasteiger partial charge in [0, 0.05) is 25.3 Å². The summed E-state index contributed by atoms with van der Waals surface area (Å²) in [7, 11) is -2.59. The van der Waals surface area contributed by atoms with Gasteiger partial charge in [-0.3, -0.25) is 4.79 Å². The first-order valence-corrected chi connectivity index (χ1v) is 14.1. The largest absolute Gasteiger partial charge is 0.507 e. The van der Waals surface area contributed by atoms with E-state index in [1.165, 1.54) is 42.3 Å². The van der Waals surface area contributed by atoms with Crippen LogP contribution in [0.4, 0.5) is 5.69 Å². The number of hydrogen-bond donors (Lipinski definition) is 2. The third-order valence-electron chi connectivity index (χ3n) is 7.02. The molecule has 0 saturated heterocycles. The summed E-state index contributed by atoms with van der Waals surface area (Å²) in [6.45, 7) is -0.0404. The molecule has 9 heteroatoms. The van der Waals surface area contributed by atoms with Gasteiger partial charge < -0.3 is 15.1 Å². The van der Waals surface area contributed by atoms with E-state index >= 15 is 0 Å². The average molecular weight is 537 g/mol. The Morgan fingerprint density at radius 1 is 0.895 bits per heavy atom. The maximum absolute atomic E-state index is 13.5. The molecule has 2 N–H and O–H groups in total. The number of carboxylic acid groups (broad SMARTS) is 1. The highest BCUT2D eigenvalue weighted by Gasteiger charge is 2.28. The first-order valence-electron chi connectivity index (χ1n) is 12.7. The van der Waals surface area contributed by atoms with Gasteiger partial charge >= 0.3 is 5.97 Å². The zero-order valence-electron chi connectivity index (χ0n) is 21.3. The number of rotatable bonds is 9. The van der Waals surface area contributed by atoms with Crippen molar-refractivity contribution in [1.29, 1.82) is 0 Å². The molecule has 0 atom stereocenters. The number of carboxylic acids is 1. The van der Waals surface area contributed by atoms with Crippen LogP contribution in [-0.4, -0.2) is 54.9 Å². The van der Waals surface area contributed by atoms with Gasteiger partial charge in [0.1, 0.15) is 11.3 Å². The minimum atomic E-state index is -3.95. The maximum Gasteiger partial charge on any atom is 0.339 e. The molecule has 1 amide bonds. The Morgan fingerprint density at radius 3 is 2.13 bits per heavy atom. The fraction of sp³-hybridized carbons (Fsp3) is 0.310. The fourth-order valence-electron chi connectivity index (χ4n) is 4.84. The number of anilines is 1. The Hall–Kier alpha value is -3.69. The summed E-state index contributed by atoms with van der Waals surface area (Å²) in [5.41, 5.74) is 1.92. The Balaban J connectivity index is 1.55. The van der Waals surface area contributed by atoms with Crippen LogP contribution in [0.15, 0.2) is 77.7 Å². The molecule has 1 saturated carbocycles. The van der Waals surface area contributed by atoms with Crippen LogP contribution in [0.25, 0.3) is 11.1 Å². The number of carbonyl (C=O) groups excluding carboxylic acids is 1. The smallest absolute Gasteiger partial charge is 0.339 e. The van der Waals surface area contributed by atoms with Crippen molar-refractivity contribution in [3.05, 3.63) is 78.4 Å². The second kappa shape index (κ2) is 11.8. The topological polar surface area (TPSA) is 115 Å². The maximum atomic E-state index is 13.5. The lowest BCUT2D eigenvalue weighted by molar-refractivity contribution is -0.118. The van der Waals surface area contributed by atoms with Crippen LogP contribution in [0.2, 0.25) is 0 Å². The van der Waals surface area contributed by atoms with Gasteiger partial charge in [-0.05, 0) is 54.2 Å². The van der Waals surface area contributed by atoms with Crippen molar-refractivity contribution >= 4 is 27.6 Å². The number of nitrogens with zero attached hydrogens (tertiary/aromatic N) is 2. The lowest BCUT2D eigenvalue weighted by Crippen LogP contribution is -2.43. The zero-order chi connectivity index (χ0) is 27.3. The number of benzene rings is 3. The summed E-state index contributed by atoms with van der Waals surface area (Å²) < 4.78 is 27.6. The number of aromatic carboxylic acids is 1. The molecule has 1 aliphatic rings. The summed E-state index contributed by atoms with van der Waals surface area (Å²) in [5, 5.41) is 19.5. The number of aromatic hydroxyl groups is 1. The predicted octanol–water partition coefficient (Wildman–Crippen LogP) is 4.99. The number of carbonyl (C=O) groups is 2. The molecule has 0 aromatic heterocycles. The standard InChI is InChI=1S/C29H32N2O6S/c1-30(38(36,37)25-15-12-23(13-16-25)22-10-6-3-7-11-22)20-28(33)31(19-21-8-4-2-5-9-21)24-14-17-26(29(34)35)27(32)18-24/h3,6-7,10-18,21,32H,2,4-5,8-9,19-20H2,1H3,(H,34,35). The number of sulfonamides is 1. The van der Waals surface area contributed by atoms with E-state index in [9.17, 15) is 28.2 Å². The molecule has 0 unspecified atom stereocenters. The van der Waals surface area contributed by atoms with E-state index in [0.29, 0.717) is 12.2 Å². The molecule has 0 heterocycles. The Labute approximate surface area is 223 Å². The van der Waals surface area contributed by atoms with Crippen molar-refractivity contribution in [1.82, 2.24) is 4.31 Å². The van der Waals surface area contributed by atoms with Crippen LogP contribution in [0.1, 0.15) is 42.5 Å². The van der Waals surface area contributed by atoms with Gasteiger partial charge in [-0.2, -0.15) is 4.31 Å². The molecule has 8 nitrogen and oxygen atoms in total. The molecule has 0 spiro atoms. The van der Waals surface area contributed by atoms with E-state index < -0.39 is 34.2 Å². The van der Waals surface area contributed by atoms with Crippen LogP contribution >= 0.6 is 0 Å². The molecular weight excluding hydrogens is 504 g/mol. The number of hydrogen-bond acceptors (Lipinski definition) is 5. The van der Waals surface area contributed by atoms with E-state index in [2.05, 4.69) is 0 Å². The second-order valence-electron chi connectivity index (χ2n) is 9.67. The Kier molecular flexibility index (Phi) is 8.48. The highest BCUT2D eigenvalue weighted by atomic mass is 32.2. The van der Waals surface area contributed by atoms with Crippen molar-refractivity contribution in [2.75, 3.05) is 25.0 Å². The molecule has 0 radical (unpaired) electrons. The van der Waals surface area contributed by atoms with Crippen molar-refractivity contribution in [3.63, 3.8) is 0 Å². The Morgan fingerprint density at radius 2 is 1.53 bits per heavy atom. The first kappa shape index (κ1) is 27.3. The summed E-state index contributed by atoms with van der Waals surface area (Å²) >= 11 is 0. The van der Waals surface area contributed by atoms with Gasteiger partial charge in [-0.15, -0.1) is 0 Å². The van der Waals surface area contributed by atoms with E-state index in [4.69, 9.17) is 0 Å². The normalized spacial score (nSPS) is 14.4. The molecule has 1 aliphatic carbocycles. The monoisotopic (exact) mass is 536 g/mol. The number of amides is 1. The average Bonchev–Trinajstić information content (AvgIpc) is 2.92. The minimum absolute atomic E-state index is 0.0785. The van der Waals surface area contributed by atoms with Gasteiger partial charge in [0.25, 0.3) is 0 Å². The summed E-state index contributed by atoms with van der Waals surface area (Å²) in [6, 6.07) is 20.1. The van der Waals surface area contributed by atoms with Crippen molar-refractivity contribution in [2.24, 2.45) is 5.92 Å². The van der Waals surface area contributed by atoms with E-state index in [0.717, 1.165) is 47.5 Å². The lowest BCUT2D eigenvalue weighted by atomic mass is 9.89. The van der Waals surface area contributed by atoms with Gasteiger partial charge in [-0.25, -0.2) is 13.2 Å². The SMILES string of the molecule is CN(CC(=O)N(CC1CCCCC1)c1ccc(C(=O)O)c(O)c1)S(=O)(=O)c1ccc(-c2ccccc2)cc1.